The van der Waals surface area contributed by atoms with Crippen LogP contribution in [0.15, 0.2) is 24.3 Å². The predicted molar refractivity (Wildman–Crippen MR) is 83.6 cm³/mol. The Morgan fingerprint density at radius 3 is 2.60 bits per heavy atom. The lowest BCUT2D eigenvalue weighted by atomic mass is 9.64. The van der Waals surface area contributed by atoms with E-state index in [-0.39, 0.29) is 5.41 Å². The summed E-state index contributed by atoms with van der Waals surface area (Å²) in [6.45, 7) is 9.09. The third-order valence-electron chi connectivity index (χ3n) is 4.67. The predicted octanol–water partition coefficient (Wildman–Crippen LogP) is 2.48. The van der Waals surface area contributed by atoms with Crippen molar-refractivity contribution >= 4 is 0 Å². The third kappa shape index (κ3) is 3.22. The van der Waals surface area contributed by atoms with Crippen molar-refractivity contribution in [2.75, 3.05) is 13.2 Å². The van der Waals surface area contributed by atoms with E-state index < -0.39 is 0 Å². The minimum atomic E-state index is 0.239. The first-order valence-corrected chi connectivity index (χ1v) is 7.71. The molecule has 1 aromatic rings. The fourth-order valence-electron chi connectivity index (χ4n) is 3.10. The first-order chi connectivity index (χ1) is 9.59. The highest BCUT2D eigenvalue weighted by Gasteiger charge is 2.48. The molecule has 0 spiro atoms. The van der Waals surface area contributed by atoms with E-state index in [0.717, 1.165) is 26.0 Å². The van der Waals surface area contributed by atoms with Gasteiger partial charge in [-0.1, -0.05) is 38.1 Å². The van der Waals surface area contributed by atoms with E-state index in [1.54, 1.807) is 0 Å². The van der Waals surface area contributed by atoms with Crippen LogP contribution in [0.25, 0.3) is 0 Å². The maximum Gasteiger partial charge on any atom is 0.0655 e. The summed E-state index contributed by atoms with van der Waals surface area (Å²) in [6.07, 6.45) is 2.57. The van der Waals surface area contributed by atoms with E-state index in [9.17, 15) is 0 Å². The van der Waals surface area contributed by atoms with Gasteiger partial charge in [0.2, 0.25) is 0 Å². The molecule has 0 heterocycles. The van der Waals surface area contributed by atoms with Crippen LogP contribution < -0.4 is 11.1 Å². The minimum Gasteiger partial charge on any atom is -0.378 e. The van der Waals surface area contributed by atoms with Gasteiger partial charge in [0.1, 0.15) is 0 Å². The van der Waals surface area contributed by atoms with Gasteiger partial charge in [-0.25, -0.2) is 0 Å². The molecule has 2 unspecified atom stereocenters. The maximum absolute atomic E-state index is 5.78. The van der Waals surface area contributed by atoms with Crippen molar-refractivity contribution in [2.45, 2.75) is 52.3 Å². The Bertz CT molecular complexity index is 431. The van der Waals surface area contributed by atoms with E-state index in [0.29, 0.717) is 18.7 Å². The standard InChI is InChI=1S/C17H28N2O/c1-4-20-16-11-15(17(16,2)3)19-10-9-13-7-5-6-8-14(13)12-18/h5-8,15-16,19H,4,9-12,18H2,1-3H3. The Labute approximate surface area is 122 Å². The molecule has 0 aromatic heterocycles. The molecule has 2 atom stereocenters. The lowest BCUT2D eigenvalue weighted by molar-refractivity contribution is -0.113. The molecule has 1 aromatic carbocycles. The first-order valence-electron chi connectivity index (χ1n) is 7.71. The van der Waals surface area contributed by atoms with Gasteiger partial charge >= 0.3 is 0 Å². The molecule has 1 saturated carbocycles. The molecule has 1 fully saturated rings. The second kappa shape index (κ2) is 6.70. The van der Waals surface area contributed by atoms with Gasteiger partial charge in [0.05, 0.1) is 6.10 Å². The SMILES string of the molecule is CCOC1CC(NCCc2ccccc2CN)C1(C)C. The molecule has 3 N–H and O–H groups in total. The van der Waals surface area contributed by atoms with Crippen molar-refractivity contribution in [1.29, 1.82) is 0 Å². The summed E-state index contributed by atoms with van der Waals surface area (Å²) in [4.78, 5) is 0. The maximum atomic E-state index is 5.78. The largest absolute Gasteiger partial charge is 0.378 e. The Balaban J connectivity index is 1.80. The molecule has 0 bridgehead atoms. The third-order valence-corrected chi connectivity index (χ3v) is 4.67. The van der Waals surface area contributed by atoms with E-state index in [1.165, 1.54) is 11.1 Å². The smallest absolute Gasteiger partial charge is 0.0655 e. The Hall–Kier alpha value is -0.900. The number of ether oxygens (including phenoxy) is 1. The molecule has 1 aliphatic carbocycles. The fourth-order valence-corrected chi connectivity index (χ4v) is 3.10. The highest BCUT2D eigenvalue weighted by molar-refractivity contribution is 5.27. The van der Waals surface area contributed by atoms with E-state index in [4.69, 9.17) is 10.5 Å². The molecular formula is C17H28N2O. The molecule has 0 saturated heterocycles. The quantitative estimate of drug-likeness (QED) is 0.804. The number of rotatable bonds is 7. The molecule has 20 heavy (non-hydrogen) atoms. The summed E-state index contributed by atoms with van der Waals surface area (Å²) >= 11 is 0. The van der Waals surface area contributed by atoms with Crippen molar-refractivity contribution in [3.05, 3.63) is 35.4 Å². The van der Waals surface area contributed by atoms with Crippen molar-refractivity contribution in [1.82, 2.24) is 5.32 Å². The van der Waals surface area contributed by atoms with Crippen LogP contribution in [0.1, 0.15) is 38.3 Å². The molecule has 2 rings (SSSR count). The van der Waals surface area contributed by atoms with Crippen molar-refractivity contribution in [3.63, 3.8) is 0 Å². The number of nitrogens with two attached hydrogens (primary N) is 1. The van der Waals surface area contributed by atoms with Crippen molar-refractivity contribution in [2.24, 2.45) is 11.1 Å². The summed E-state index contributed by atoms with van der Waals surface area (Å²) in [7, 11) is 0. The lowest BCUT2D eigenvalue weighted by Crippen LogP contribution is -2.61. The van der Waals surface area contributed by atoms with Gasteiger partial charge in [-0.3, -0.25) is 0 Å². The van der Waals surface area contributed by atoms with Crippen LogP contribution in [0.5, 0.6) is 0 Å². The summed E-state index contributed by atoms with van der Waals surface area (Å²) in [5.74, 6) is 0. The van der Waals surface area contributed by atoms with Gasteiger partial charge < -0.3 is 15.8 Å². The second-order valence-corrected chi connectivity index (χ2v) is 6.23. The van der Waals surface area contributed by atoms with E-state index in [2.05, 4.69) is 50.4 Å². The molecule has 3 heteroatoms. The highest BCUT2D eigenvalue weighted by atomic mass is 16.5. The normalized spacial score (nSPS) is 24.4. The summed E-state index contributed by atoms with van der Waals surface area (Å²) in [5.41, 5.74) is 8.64. The molecule has 3 nitrogen and oxygen atoms in total. The van der Waals surface area contributed by atoms with Crippen LogP contribution in [-0.4, -0.2) is 25.3 Å². The fraction of sp³-hybridized carbons (Fsp3) is 0.647. The summed E-state index contributed by atoms with van der Waals surface area (Å²) < 4.78 is 5.77. The number of hydrogen-bond acceptors (Lipinski definition) is 3. The van der Waals surface area contributed by atoms with E-state index >= 15 is 0 Å². The first kappa shape index (κ1) is 15.5. The van der Waals surface area contributed by atoms with Crippen LogP contribution in [0, 0.1) is 5.41 Å². The van der Waals surface area contributed by atoms with Crippen LogP contribution in [0.4, 0.5) is 0 Å². The zero-order chi connectivity index (χ0) is 14.6. The van der Waals surface area contributed by atoms with Gasteiger partial charge in [-0.15, -0.1) is 0 Å². The number of hydrogen-bond donors (Lipinski definition) is 2. The zero-order valence-corrected chi connectivity index (χ0v) is 13.0. The average molecular weight is 276 g/mol. The lowest BCUT2D eigenvalue weighted by Gasteiger charge is -2.52. The zero-order valence-electron chi connectivity index (χ0n) is 13.0. The topological polar surface area (TPSA) is 47.3 Å². The van der Waals surface area contributed by atoms with Gasteiger partial charge in [0.15, 0.2) is 0 Å². The number of benzene rings is 1. The summed E-state index contributed by atoms with van der Waals surface area (Å²) in [5, 5.41) is 3.68. The van der Waals surface area contributed by atoms with Gasteiger partial charge in [0.25, 0.3) is 0 Å². The molecule has 1 aliphatic rings. The summed E-state index contributed by atoms with van der Waals surface area (Å²) in [6, 6.07) is 9.00. The Morgan fingerprint density at radius 1 is 1.30 bits per heavy atom. The molecule has 0 aliphatic heterocycles. The molecule has 112 valence electrons. The second-order valence-electron chi connectivity index (χ2n) is 6.23. The van der Waals surface area contributed by atoms with Crippen LogP contribution in [0.3, 0.4) is 0 Å². The van der Waals surface area contributed by atoms with E-state index in [1.807, 2.05) is 0 Å². The molecule has 0 amide bonds. The van der Waals surface area contributed by atoms with Gasteiger partial charge in [-0.2, -0.15) is 0 Å². The van der Waals surface area contributed by atoms with Gasteiger partial charge in [-0.05, 0) is 37.4 Å². The highest BCUT2D eigenvalue weighted by Crippen LogP contribution is 2.42. The van der Waals surface area contributed by atoms with Crippen molar-refractivity contribution in [3.8, 4) is 0 Å². The van der Waals surface area contributed by atoms with Crippen LogP contribution in [-0.2, 0) is 17.7 Å². The number of nitrogens with one attached hydrogen (secondary N) is 1. The van der Waals surface area contributed by atoms with Gasteiger partial charge in [0, 0.05) is 24.6 Å². The Morgan fingerprint density at radius 2 is 2.00 bits per heavy atom. The molecular weight excluding hydrogens is 248 g/mol. The molecule has 0 radical (unpaired) electrons. The van der Waals surface area contributed by atoms with Crippen LogP contribution >= 0.6 is 0 Å². The Kier molecular flexibility index (Phi) is 5.19. The monoisotopic (exact) mass is 276 g/mol. The average Bonchev–Trinajstić information content (AvgIpc) is 2.46. The van der Waals surface area contributed by atoms with Crippen molar-refractivity contribution < 1.29 is 4.74 Å². The minimum absolute atomic E-state index is 0.239. The van der Waals surface area contributed by atoms with Crippen LogP contribution in [0.2, 0.25) is 0 Å².